The summed E-state index contributed by atoms with van der Waals surface area (Å²) in [4.78, 5) is 13.6. The molecule has 1 amide bonds. The largest absolute Gasteiger partial charge is 0.378 e. The average molecular weight is 270 g/mol. The number of hydrogen-bond acceptors (Lipinski definition) is 3. The molecule has 3 atom stereocenters. The van der Waals surface area contributed by atoms with Gasteiger partial charge in [0.05, 0.1) is 19.1 Å². The maximum Gasteiger partial charge on any atom is 0.224 e. The first-order valence-electron chi connectivity index (χ1n) is 7.60. The van der Waals surface area contributed by atoms with Crippen LogP contribution in [0.25, 0.3) is 0 Å². The van der Waals surface area contributed by atoms with Gasteiger partial charge in [-0.15, -0.1) is 0 Å². The van der Waals surface area contributed by atoms with Crippen molar-refractivity contribution in [2.75, 3.05) is 26.7 Å². The van der Waals surface area contributed by atoms with Gasteiger partial charge in [0.15, 0.2) is 0 Å². The lowest BCUT2D eigenvalue weighted by atomic mass is 9.80. The van der Waals surface area contributed by atoms with Gasteiger partial charge in [0.1, 0.15) is 0 Å². The van der Waals surface area contributed by atoms with Crippen molar-refractivity contribution in [1.29, 1.82) is 0 Å². The third-order valence-electron chi connectivity index (χ3n) is 4.34. The van der Waals surface area contributed by atoms with E-state index < -0.39 is 0 Å². The number of ether oxygens (including phenoxy) is 1. The minimum absolute atomic E-state index is 0.158. The zero-order valence-electron chi connectivity index (χ0n) is 12.7. The molecule has 0 spiro atoms. The minimum Gasteiger partial charge on any atom is -0.378 e. The lowest BCUT2D eigenvalue weighted by molar-refractivity contribution is -0.131. The van der Waals surface area contributed by atoms with Crippen molar-refractivity contribution in [2.24, 2.45) is 17.6 Å². The van der Waals surface area contributed by atoms with E-state index in [4.69, 9.17) is 10.5 Å². The van der Waals surface area contributed by atoms with E-state index in [1.165, 1.54) is 6.42 Å². The Kier molecular flexibility index (Phi) is 7.39. The van der Waals surface area contributed by atoms with Crippen LogP contribution >= 0.6 is 0 Å². The number of hydrogen-bond donors (Lipinski definition) is 1. The van der Waals surface area contributed by atoms with Crippen molar-refractivity contribution in [3.8, 4) is 0 Å². The summed E-state index contributed by atoms with van der Waals surface area (Å²) in [6, 6.07) is 0. The fourth-order valence-corrected chi connectivity index (χ4v) is 2.61. The summed E-state index contributed by atoms with van der Waals surface area (Å²) >= 11 is 0. The zero-order valence-corrected chi connectivity index (χ0v) is 12.7. The van der Waals surface area contributed by atoms with Gasteiger partial charge in [0.2, 0.25) is 5.91 Å². The Morgan fingerprint density at radius 3 is 2.68 bits per heavy atom. The Hall–Kier alpha value is -0.610. The second-order valence-electron chi connectivity index (χ2n) is 5.97. The molecule has 0 saturated heterocycles. The second kappa shape index (κ2) is 8.54. The highest BCUT2D eigenvalue weighted by Crippen LogP contribution is 2.30. The summed E-state index contributed by atoms with van der Waals surface area (Å²) in [6.45, 7) is 6.54. The van der Waals surface area contributed by atoms with Gasteiger partial charge in [0.25, 0.3) is 0 Å². The van der Waals surface area contributed by atoms with E-state index in [0.29, 0.717) is 25.7 Å². The Balaban J connectivity index is 2.14. The van der Waals surface area contributed by atoms with Gasteiger partial charge in [-0.25, -0.2) is 0 Å². The Morgan fingerprint density at radius 1 is 1.32 bits per heavy atom. The topological polar surface area (TPSA) is 55.6 Å². The molecule has 112 valence electrons. The van der Waals surface area contributed by atoms with Crippen LogP contribution in [0.15, 0.2) is 0 Å². The first-order chi connectivity index (χ1) is 9.04. The third kappa shape index (κ3) is 5.91. The van der Waals surface area contributed by atoms with Crippen LogP contribution < -0.4 is 5.73 Å². The molecule has 19 heavy (non-hydrogen) atoms. The summed E-state index contributed by atoms with van der Waals surface area (Å²) in [5.41, 5.74) is 5.44. The predicted molar refractivity (Wildman–Crippen MR) is 77.8 cm³/mol. The van der Waals surface area contributed by atoms with Crippen molar-refractivity contribution >= 4 is 5.91 Å². The molecule has 0 bridgehead atoms. The van der Waals surface area contributed by atoms with Crippen LogP contribution in [0.3, 0.4) is 0 Å². The summed E-state index contributed by atoms with van der Waals surface area (Å²) in [5.74, 6) is 1.70. The monoisotopic (exact) mass is 270 g/mol. The number of rotatable bonds is 7. The van der Waals surface area contributed by atoms with Gasteiger partial charge in [-0.05, 0) is 44.1 Å². The van der Waals surface area contributed by atoms with Crippen LogP contribution in [0.5, 0.6) is 0 Å². The molecular weight excluding hydrogens is 240 g/mol. The van der Waals surface area contributed by atoms with Crippen LogP contribution in [0.4, 0.5) is 0 Å². The molecule has 1 saturated carbocycles. The second-order valence-corrected chi connectivity index (χ2v) is 5.97. The quantitative estimate of drug-likeness (QED) is 0.770. The standard InChI is InChI=1S/C15H30N2O2/c1-12-5-6-14(11-13(12)2)19-10-7-15(18)17(3)9-4-8-16/h12-14H,4-11,16H2,1-3H3. The Bertz CT molecular complexity index is 271. The predicted octanol–water partition coefficient (Wildman–Crippen LogP) is 2.02. The molecule has 0 radical (unpaired) electrons. The van der Waals surface area contributed by atoms with Gasteiger partial charge >= 0.3 is 0 Å². The molecule has 0 aromatic carbocycles. The molecule has 0 aromatic heterocycles. The number of carbonyl (C=O) groups is 1. The molecule has 0 heterocycles. The fourth-order valence-electron chi connectivity index (χ4n) is 2.61. The Labute approximate surface area is 117 Å². The van der Waals surface area contributed by atoms with E-state index in [9.17, 15) is 4.79 Å². The first kappa shape index (κ1) is 16.4. The van der Waals surface area contributed by atoms with Gasteiger partial charge in [-0.3, -0.25) is 4.79 Å². The minimum atomic E-state index is 0.158. The number of nitrogens with two attached hydrogens (primary N) is 1. The van der Waals surface area contributed by atoms with E-state index >= 15 is 0 Å². The summed E-state index contributed by atoms with van der Waals surface area (Å²) in [7, 11) is 1.84. The molecule has 3 unspecified atom stereocenters. The molecule has 1 aliphatic rings. The maximum absolute atomic E-state index is 11.8. The van der Waals surface area contributed by atoms with E-state index in [0.717, 1.165) is 37.6 Å². The SMILES string of the molecule is CC1CCC(OCCC(=O)N(C)CCCN)CC1C. The first-order valence-corrected chi connectivity index (χ1v) is 7.60. The number of carbonyl (C=O) groups excluding carboxylic acids is 1. The van der Waals surface area contributed by atoms with E-state index in [1.54, 1.807) is 4.90 Å². The molecule has 1 aliphatic carbocycles. The average Bonchev–Trinajstić information content (AvgIpc) is 2.39. The summed E-state index contributed by atoms with van der Waals surface area (Å²) in [5, 5.41) is 0. The molecule has 0 aromatic rings. The zero-order chi connectivity index (χ0) is 14.3. The molecule has 0 aliphatic heterocycles. The highest BCUT2D eigenvalue weighted by molar-refractivity contribution is 5.75. The number of amides is 1. The third-order valence-corrected chi connectivity index (χ3v) is 4.34. The van der Waals surface area contributed by atoms with Crippen molar-refractivity contribution in [2.45, 2.75) is 52.1 Å². The lowest BCUT2D eigenvalue weighted by Crippen LogP contribution is -2.31. The van der Waals surface area contributed by atoms with Crippen molar-refractivity contribution in [3.63, 3.8) is 0 Å². The van der Waals surface area contributed by atoms with Gasteiger partial charge in [0, 0.05) is 13.6 Å². The van der Waals surface area contributed by atoms with E-state index in [-0.39, 0.29) is 5.91 Å². The Morgan fingerprint density at radius 2 is 2.05 bits per heavy atom. The molecule has 1 rings (SSSR count). The number of nitrogens with zero attached hydrogens (tertiary/aromatic N) is 1. The van der Waals surface area contributed by atoms with Crippen molar-refractivity contribution in [1.82, 2.24) is 4.90 Å². The molecule has 2 N–H and O–H groups in total. The van der Waals surface area contributed by atoms with Gasteiger partial charge < -0.3 is 15.4 Å². The van der Waals surface area contributed by atoms with Crippen LogP contribution in [0.1, 0.15) is 46.0 Å². The van der Waals surface area contributed by atoms with Crippen molar-refractivity contribution < 1.29 is 9.53 Å². The normalized spacial score (nSPS) is 27.3. The smallest absolute Gasteiger partial charge is 0.224 e. The van der Waals surface area contributed by atoms with Crippen LogP contribution in [-0.2, 0) is 9.53 Å². The molecule has 4 nitrogen and oxygen atoms in total. The van der Waals surface area contributed by atoms with Crippen molar-refractivity contribution in [3.05, 3.63) is 0 Å². The molecule has 4 heteroatoms. The molecule has 1 fully saturated rings. The summed E-state index contributed by atoms with van der Waals surface area (Å²) < 4.78 is 5.85. The van der Waals surface area contributed by atoms with E-state index in [1.807, 2.05) is 7.05 Å². The highest BCUT2D eigenvalue weighted by atomic mass is 16.5. The van der Waals surface area contributed by atoms with E-state index in [2.05, 4.69) is 13.8 Å². The maximum atomic E-state index is 11.8. The summed E-state index contributed by atoms with van der Waals surface area (Å²) in [6.07, 6.45) is 5.23. The fraction of sp³-hybridized carbons (Fsp3) is 0.933. The van der Waals surface area contributed by atoms with Crippen LogP contribution in [0, 0.1) is 11.8 Å². The van der Waals surface area contributed by atoms with Gasteiger partial charge in [-0.1, -0.05) is 13.8 Å². The lowest BCUT2D eigenvalue weighted by Gasteiger charge is -2.32. The van der Waals surface area contributed by atoms with Gasteiger partial charge in [-0.2, -0.15) is 0 Å². The van der Waals surface area contributed by atoms with Crippen LogP contribution in [0.2, 0.25) is 0 Å². The molecular formula is C15H30N2O2. The van der Waals surface area contributed by atoms with Crippen LogP contribution in [-0.4, -0.2) is 43.7 Å². The highest BCUT2D eigenvalue weighted by Gasteiger charge is 2.25.